The second-order valence-electron chi connectivity index (χ2n) is 10.5. The molecule has 3 aromatic rings. The fourth-order valence-electron chi connectivity index (χ4n) is 5.67. The summed E-state index contributed by atoms with van der Waals surface area (Å²) in [5.74, 6) is 1.02. The number of benzene rings is 3. The molecule has 0 unspecified atom stereocenters. The molecule has 0 radical (unpaired) electrons. The van der Waals surface area contributed by atoms with Gasteiger partial charge in [-0.1, -0.05) is 30.3 Å². The van der Waals surface area contributed by atoms with Crippen LogP contribution in [0.2, 0.25) is 0 Å². The minimum atomic E-state index is 0.136. The van der Waals surface area contributed by atoms with Crippen LogP contribution in [-0.2, 0) is 11.3 Å². The van der Waals surface area contributed by atoms with Crippen molar-refractivity contribution in [2.75, 3.05) is 56.6 Å². The van der Waals surface area contributed by atoms with Crippen LogP contribution in [0.25, 0.3) is 11.1 Å². The van der Waals surface area contributed by atoms with Gasteiger partial charge in [0, 0.05) is 43.9 Å². The molecule has 0 aliphatic carbocycles. The van der Waals surface area contributed by atoms with E-state index in [-0.39, 0.29) is 5.91 Å². The van der Waals surface area contributed by atoms with Gasteiger partial charge in [-0.3, -0.25) is 15.1 Å². The van der Waals surface area contributed by atoms with Gasteiger partial charge >= 0.3 is 0 Å². The van der Waals surface area contributed by atoms with Crippen LogP contribution in [0.5, 0.6) is 5.75 Å². The maximum atomic E-state index is 12.9. The molecule has 0 bridgehead atoms. The van der Waals surface area contributed by atoms with Crippen LogP contribution in [0.1, 0.15) is 39.9 Å². The number of carbonyl (C=O) groups is 1. The molecule has 3 heterocycles. The quantitative estimate of drug-likeness (QED) is 0.489. The number of nitrogens with one attached hydrogen (secondary N) is 1. The van der Waals surface area contributed by atoms with Gasteiger partial charge in [-0.2, -0.15) is 0 Å². The number of morpholine rings is 1. The number of ether oxygens (including phenoxy) is 2. The van der Waals surface area contributed by atoms with Gasteiger partial charge in [0.1, 0.15) is 5.69 Å². The average molecular weight is 513 g/mol. The first-order valence-electron chi connectivity index (χ1n) is 13.7. The van der Waals surface area contributed by atoms with Crippen LogP contribution >= 0.6 is 0 Å². The third-order valence-corrected chi connectivity index (χ3v) is 7.89. The molecule has 38 heavy (non-hydrogen) atoms. The standard InChI is InChI=1S/C31H36N4O3/c1-22-18-24(8-9-25(22)20-33-14-16-37-17-15-33)28-6-5-7-29-30(28)38-21-35(29)32-26-10-11-27(23(2)19-26)31(36)34-12-3-4-13-34/h5-11,18-19,32H,3-4,12-17,20-21H2,1-2H3. The Labute approximate surface area is 224 Å². The Morgan fingerprint density at radius 3 is 2.50 bits per heavy atom. The van der Waals surface area contributed by atoms with Crippen molar-refractivity contribution >= 4 is 17.3 Å². The van der Waals surface area contributed by atoms with E-state index in [9.17, 15) is 4.79 Å². The molecule has 0 spiro atoms. The molecule has 3 aromatic carbocycles. The number of hydrazine groups is 1. The van der Waals surface area contributed by atoms with Gasteiger partial charge in [-0.05, 0) is 73.2 Å². The first-order chi connectivity index (χ1) is 18.6. The monoisotopic (exact) mass is 512 g/mol. The lowest BCUT2D eigenvalue weighted by molar-refractivity contribution is 0.0341. The molecule has 0 saturated carbocycles. The lowest BCUT2D eigenvalue weighted by atomic mass is 9.98. The number of rotatable bonds is 6. The van der Waals surface area contributed by atoms with Crippen molar-refractivity contribution in [1.29, 1.82) is 0 Å². The molecule has 3 aliphatic heterocycles. The van der Waals surface area contributed by atoms with E-state index in [2.05, 4.69) is 53.6 Å². The van der Waals surface area contributed by atoms with Crippen molar-refractivity contribution in [3.8, 4) is 16.9 Å². The number of hydrogen-bond acceptors (Lipinski definition) is 6. The van der Waals surface area contributed by atoms with Gasteiger partial charge in [0.15, 0.2) is 12.5 Å². The summed E-state index contributed by atoms with van der Waals surface area (Å²) >= 11 is 0. The van der Waals surface area contributed by atoms with E-state index in [1.54, 1.807) is 0 Å². The van der Waals surface area contributed by atoms with Gasteiger partial charge in [-0.25, -0.2) is 5.01 Å². The Balaban J connectivity index is 1.18. The van der Waals surface area contributed by atoms with Crippen LogP contribution in [0.4, 0.5) is 11.4 Å². The molecular formula is C31H36N4O3. The lowest BCUT2D eigenvalue weighted by Crippen LogP contribution is -2.35. The molecule has 1 amide bonds. The molecular weight excluding hydrogens is 476 g/mol. The Morgan fingerprint density at radius 1 is 0.921 bits per heavy atom. The van der Waals surface area contributed by atoms with Crippen molar-refractivity contribution in [2.24, 2.45) is 0 Å². The van der Waals surface area contributed by atoms with Crippen molar-refractivity contribution in [1.82, 2.24) is 9.80 Å². The van der Waals surface area contributed by atoms with Crippen molar-refractivity contribution in [2.45, 2.75) is 33.2 Å². The Bertz CT molecular complexity index is 1330. The second-order valence-corrected chi connectivity index (χ2v) is 10.5. The number of fused-ring (bicyclic) bond motifs is 1. The van der Waals surface area contributed by atoms with Crippen molar-refractivity contribution in [3.63, 3.8) is 0 Å². The highest BCUT2D eigenvalue weighted by Gasteiger charge is 2.25. The second kappa shape index (κ2) is 10.7. The topological polar surface area (TPSA) is 57.3 Å². The number of amides is 1. The van der Waals surface area contributed by atoms with Gasteiger partial charge in [-0.15, -0.1) is 0 Å². The maximum absolute atomic E-state index is 12.9. The number of aryl methyl sites for hydroxylation is 2. The minimum Gasteiger partial charge on any atom is -0.468 e. The molecule has 3 aliphatic rings. The normalized spacial score (nSPS) is 17.4. The van der Waals surface area contributed by atoms with Gasteiger partial charge in [0.05, 0.1) is 18.9 Å². The third kappa shape index (κ3) is 4.96. The summed E-state index contributed by atoms with van der Waals surface area (Å²) in [7, 11) is 0. The first kappa shape index (κ1) is 24.8. The zero-order valence-corrected chi connectivity index (χ0v) is 22.3. The number of anilines is 2. The van der Waals surface area contributed by atoms with Crippen LogP contribution in [-0.4, -0.2) is 61.8 Å². The van der Waals surface area contributed by atoms with E-state index in [0.29, 0.717) is 6.73 Å². The highest BCUT2D eigenvalue weighted by atomic mass is 16.5. The van der Waals surface area contributed by atoms with Crippen LogP contribution in [0.3, 0.4) is 0 Å². The van der Waals surface area contributed by atoms with E-state index >= 15 is 0 Å². The zero-order chi connectivity index (χ0) is 26.1. The number of hydrogen-bond donors (Lipinski definition) is 1. The number of nitrogens with zero attached hydrogens (tertiary/aromatic N) is 3. The van der Waals surface area contributed by atoms with Crippen LogP contribution in [0, 0.1) is 13.8 Å². The number of carbonyl (C=O) groups excluding carboxylic acids is 1. The smallest absolute Gasteiger partial charge is 0.254 e. The SMILES string of the molecule is Cc1cc(-c2cccc3c2OCN3Nc2ccc(C(=O)N3CCCC3)c(C)c2)ccc1CN1CCOCC1. The summed E-state index contributed by atoms with van der Waals surface area (Å²) in [4.78, 5) is 17.3. The largest absolute Gasteiger partial charge is 0.468 e. The lowest BCUT2D eigenvalue weighted by Gasteiger charge is -2.27. The van der Waals surface area contributed by atoms with Crippen molar-refractivity contribution in [3.05, 3.63) is 76.9 Å². The number of para-hydroxylation sites is 1. The number of likely N-dealkylation sites (tertiary alicyclic amines) is 1. The fourth-order valence-corrected chi connectivity index (χ4v) is 5.67. The molecule has 7 nitrogen and oxygen atoms in total. The summed E-state index contributed by atoms with van der Waals surface area (Å²) in [5.41, 5.74) is 12.1. The Morgan fingerprint density at radius 2 is 1.74 bits per heavy atom. The summed E-state index contributed by atoms with van der Waals surface area (Å²) in [6, 6.07) is 19.0. The zero-order valence-electron chi connectivity index (χ0n) is 22.3. The predicted octanol–water partition coefficient (Wildman–Crippen LogP) is 5.22. The Kier molecular flexibility index (Phi) is 6.96. The predicted molar refractivity (Wildman–Crippen MR) is 151 cm³/mol. The molecule has 7 heteroatoms. The van der Waals surface area contributed by atoms with E-state index in [4.69, 9.17) is 9.47 Å². The molecule has 2 fully saturated rings. The molecule has 6 rings (SSSR count). The van der Waals surface area contributed by atoms with Crippen molar-refractivity contribution < 1.29 is 14.3 Å². The molecule has 0 atom stereocenters. The summed E-state index contributed by atoms with van der Waals surface area (Å²) < 4.78 is 11.7. The summed E-state index contributed by atoms with van der Waals surface area (Å²) in [5, 5.41) is 2.02. The summed E-state index contributed by atoms with van der Waals surface area (Å²) in [6.07, 6.45) is 2.19. The van der Waals surface area contributed by atoms with Crippen LogP contribution in [0.15, 0.2) is 54.6 Å². The van der Waals surface area contributed by atoms with Gasteiger partial charge in [0.2, 0.25) is 0 Å². The minimum absolute atomic E-state index is 0.136. The van der Waals surface area contributed by atoms with E-state index < -0.39 is 0 Å². The van der Waals surface area contributed by atoms with Crippen LogP contribution < -0.4 is 15.2 Å². The van der Waals surface area contributed by atoms with E-state index in [1.165, 1.54) is 11.1 Å². The maximum Gasteiger partial charge on any atom is 0.254 e. The first-order valence-corrected chi connectivity index (χ1v) is 13.7. The van der Waals surface area contributed by atoms with Gasteiger partial charge < -0.3 is 14.4 Å². The van der Waals surface area contributed by atoms with E-state index in [0.717, 1.165) is 98.2 Å². The summed E-state index contributed by atoms with van der Waals surface area (Å²) in [6.45, 7) is 10.9. The van der Waals surface area contributed by atoms with Gasteiger partial charge in [0.25, 0.3) is 5.91 Å². The average Bonchev–Trinajstić information content (AvgIpc) is 3.61. The molecule has 2 saturated heterocycles. The molecule has 0 aromatic heterocycles. The highest BCUT2D eigenvalue weighted by Crippen LogP contribution is 2.42. The molecule has 198 valence electrons. The fraction of sp³-hybridized carbons (Fsp3) is 0.387. The third-order valence-electron chi connectivity index (χ3n) is 7.89. The highest BCUT2D eigenvalue weighted by molar-refractivity contribution is 5.96. The Hall–Kier alpha value is -3.55. The van der Waals surface area contributed by atoms with E-state index in [1.807, 2.05) is 35.0 Å². The molecule has 1 N–H and O–H groups in total.